The van der Waals surface area contributed by atoms with Crippen LogP contribution in [0.2, 0.25) is 0 Å². The van der Waals surface area contributed by atoms with Gasteiger partial charge in [0.25, 0.3) is 5.88 Å². The Morgan fingerprint density at radius 3 is 2.83 bits per heavy atom. The number of ether oxygens (including phenoxy) is 2. The number of halogens is 2. The van der Waals surface area contributed by atoms with Crippen LogP contribution in [0.5, 0.6) is 11.6 Å². The quantitative estimate of drug-likeness (QED) is 0.852. The number of carbonyl (C=O) groups excluding carboxylic acids is 1. The fourth-order valence-electron chi connectivity index (χ4n) is 3.92. The molecule has 2 aliphatic heterocycles. The van der Waals surface area contributed by atoms with Gasteiger partial charge in [0.15, 0.2) is 11.8 Å². The zero-order chi connectivity index (χ0) is 20.8. The molecule has 1 unspecified atom stereocenters. The molecule has 0 spiro atoms. The fraction of sp³-hybridized carbons (Fsp3) is 0.350. The van der Waals surface area contributed by atoms with Crippen LogP contribution in [-0.2, 0) is 15.1 Å². The van der Waals surface area contributed by atoms with Crippen LogP contribution < -0.4 is 10.5 Å². The summed E-state index contributed by atoms with van der Waals surface area (Å²) in [6.07, 6.45) is 1.72. The maximum atomic E-state index is 15.0. The molecule has 1 aromatic carbocycles. The van der Waals surface area contributed by atoms with Crippen LogP contribution in [0.4, 0.5) is 8.78 Å². The van der Waals surface area contributed by atoms with Crippen molar-refractivity contribution in [3.05, 3.63) is 53.7 Å². The molecule has 2 aliphatic rings. The number of fused-ring (bicyclic) bond motifs is 1. The fourth-order valence-corrected chi connectivity index (χ4v) is 3.92. The van der Waals surface area contributed by atoms with Crippen molar-refractivity contribution in [2.24, 2.45) is 16.1 Å². The van der Waals surface area contributed by atoms with Crippen molar-refractivity contribution in [3.63, 3.8) is 0 Å². The molecule has 2 aromatic rings. The first-order valence-electron chi connectivity index (χ1n) is 9.08. The summed E-state index contributed by atoms with van der Waals surface area (Å²) in [7, 11) is 1.53. The molecule has 7 nitrogen and oxygen atoms in total. The average Bonchev–Trinajstić information content (AvgIpc) is 2.71. The zero-order valence-electron chi connectivity index (χ0n) is 16.0. The Balaban J connectivity index is 1.86. The number of amides is 1. The van der Waals surface area contributed by atoms with E-state index >= 15 is 4.39 Å². The smallest absolute Gasteiger partial charge is 0.255 e. The van der Waals surface area contributed by atoms with Gasteiger partial charge in [-0.2, -0.15) is 0 Å². The Morgan fingerprint density at radius 1 is 1.28 bits per heavy atom. The number of benzene rings is 1. The summed E-state index contributed by atoms with van der Waals surface area (Å²) in [6, 6.07) is 6.58. The molecule has 3 heterocycles. The number of nitrogens with zero attached hydrogens (tertiary/aromatic N) is 3. The second-order valence-electron chi connectivity index (χ2n) is 7.36. The van der Waals surface area contributed by atoms with Gasteiger partial charge >= 0.3 is 0 Å². The van der Waals surface area contributed by atoms with Crippen molar-refractivity contribution in [2.45, 2.75) is 18.9 Å². The minimum Gasteiger partial charge on any atom is -0.436 e. The van der Waals surface area contributed by atoms with E-state index in [1.165, 1.54) is 48.5 Å². The number of pyridine rings is 1. The molecule has 29 heavy (non-hydrogen) atoms. The van der Waals surface area contributed by atoms with E-state index in [9.17, 15) is 9.18 Å². The van der Waals surface area contributed by atoms with E-state index in [-0.39, 0.29) is 35.7 Å². The lowest BCUT2D eigenvalue weighted by Crippen LogP contribution is -2.64. The molecule has 2 N–H and O–H groups in total. The molecule has 2 atom stereocenters. The van der Waals surface area contributed by atoms with Crippen LogP contribution >= 0.6 is 0 Å². The third kappa shape index (κ3) is 2.84. The van der Waals surface area contributed by atoms with Gasteiger partial charge < -0.3 is 15.2 Å². The molecule has 1 saturated heterocycles. The Kier molecular flexibility index (Phi) is 4.49. The number of hydrogen-bond acceptors (Lipinski definition) is 6. The van der Waals surface area contributed by atoms with Crippen molar-refractivity contribution >= 4 is 11.9 Å². The zero-order valence-corrected chi connectivity index (χ0v) is 16.0. The molecule has 4 rings (SSSR count). The highest BCUT2D eigenvalue weighted by atomic mass is 19.1. The normalized spacial score (nSPS) is 26.7. The van der Waals surface area contributed by atoms with E-state index in [2.05, 4.69) is 9.98 Å². The van der Waals surface area contributed by atoms with E-state index < -0.39 is 22.6 Å². The predicted molar refractivity (Wildman–Crippen MR) is 100 cm³/mol. The molecular formula is C20H20F2N4O3. The van der Waals surface area contributed by atoms with Crippen LogP contribution in [-0.4, -0.2) is 42.0 Å². The van der Waals surface area contributed by atoms with Crippen molar-refractivity contribution in [1.82, 2.24) is 9.88 Å². The molecule has 1 fully saturated rings. The van der Waals surface area contributed by atoms with Crippen molar-refractivity contribution in [1.29, 1.82) is 0 Å². The first kappa shape index (κ1) is 19.3. The highest BCUT2D eigenvalue weighted by Crippen LogP contribution is 2.52. The minimum atomic E-state index is -1.37. The summed E-state index contributed by atoms with van der Waals surface area (Å²) >= 11 is 0. The Morgan fingerprint density at radius 2 is 2.07 bits per heavy atom. The number of hydrogen-bond donors (Lipinski definition) is 1. The Bertz CT molecular complexity index is 1010. The van der Waals surface area contributed by atoms with Gasteiger partial charge in [0.05, 0.1) is 12.0 Å². The topological polar surface area (TPSA) is 90.0 Å². The van der Waals surface area contributed by atoms with Gasteiger partial charge in [-0.05, 0) is 43.7 Å². The number of carbonyl (C=O) groups is 1. The van der Waals surface area contributed by atoms with Gasteiger partial charge in [0.1, 0.15) is 17.1 Å². The maximum absolute atomic E-state index is 15.0. The molecule has 1 aromatic heterocycles. The van der Waals surface area contributed by atoms with Crippen LogP contribution in [0.1, 0.15) is 18.9 Å². The summed E-state index contributed by atoms with van der Waals surface area (Å²) in [5.74, 6) is -1.63. The predicted octanol–water partition coefficient (Wildman–Crippen LogP) is 2.56. The van der Waals surface area contributed by atoms with Crippen molar-refractivity contribution in [2.75, 3.05) is 20.3 Å². The van der Waals surface area contributed by atoms with Gasteiger partial charge in [-0.3, -0.25) is 9.69 Å². The number of nitrogens with two attached hydrogens (primary N) is 1. The van der Waals surface area contributed by atoms with Gasteiger partial charge in [-0.25, -0.2) is 18.8 Å². The van der Waals surface area contributed by atoms with Crippen LogP contribution in [0, 0.1) is 17.0 Å². The molecule has 152 valence electrons. The highest BCUT2D eigenvalue weighted by molar-refractivity contribution is 6.02. The van der Waals surface area contributed by atoms with Crippen molar-refractivity contribution < 1.29 is 23.0 Å². The van der Waals surface area contributed by atoms with E-state index in [0.717, 1.165) is 0 Å². The second kappa shape index (κ2) is 6.77. The molecule has 9 heteroatoms. The van der Waals surface area contributed by atoms with Gasteiger partial charge in [0, 0.05) is 25.4 Å². The Hall–Kier alpha value is -3.07. The molecule has 0 saturated carbocycles. The van der Waals surface area contributed by atoms with Crippen LogP contribution in [0.25, 0.3) is 0 Å². The highest BCUT2D eigenvalue weighted by Gasteiger charge is 2.61. The second-order valence-corrected chi connectivity index (χ2v) is 7.36. The van der Waals surface area contributed by atoms with E-state index in [1.807, 2.05) is 0 Å². The average molecular weight is 402 g/mol. The first-order valence-corrected chi connectivity index (χ1v) is 9.08. The molecule has 0 aliphatic carbocycles. The standard InChI is InChI=1S/C20H20F2N4O3/c1-19-7-9-28-11-20(19,25-18(23)26(2)17(19)27)13-10-12(5-6-14(13)21)29-16-15(22)4-3-8-24-16/h3-6,8,10H,7,9,11H2,1-2H3,(H2,23,25)/t19?,20-/m1/s1. The van der Waals surface area contributed by atoms with Crippen LogP contribution in [0.3, 0.4) is 0 Å². The summed E-state index contributed by atoms with van der Waals surface area (Å²) in [4.78, 5) is 22.7. The minimum absolute atomic E-state index is 0.0257. The summed E-state index contributed by atoms with van der Waals surface area (Å²) in [6.45, 7) is 2.04. The first-order chi connectivity index (χ1) is 13.8. The molecular weight excluding hydrogens is 382 g/mol. The van der Waals surface area contributed by atoms with E-state index in [4.69, 9.17) is 15.2 Å². The van der Waals surface area contributed by atoms with Gasteiger partial charge in [-0.15, -0.1) is 0 Å². The van der Waals surface area contributed by atoms with Crippen molar-refractivity contribution in [3.8, 4) is 11.6 Å². The Labute approximate surface area is 166 Å². The molecule has 1 amide bonds. The number of aliphatic imine (C=N–C) groups is 1. The summed E-state index contributed by atoms with van der Waals surface area (Å²) in [5.41, 5.74) is 3.63. The lowest BCUT2D eigenvalue weighted by molar-refractivity contribution is -0.153. The summed E-state index contributed by atoms with van der Waals surface area (Å²) < 4.78 is 40.1. The number of aromatic nitrogens is 1. The van der Waals surface area contributed by atoms with Gasteiger partial charge in [-0.1, -0.05) is 0 Å². The third-order valence-electron chi connectivity index (χ3n) is 5.72. The van der Waals surface area contributed by atoms with E-state index in [1.54, 1.807) is 6.92 Å². The SMILES string of the molecule is CN1C(=O)C2(C)CCOC[C@]2(c2cc(Oc3ncccc3F)ccc2F)N=C1N. The lowest BCUT2D eigenvalue weighted by atomic mass is 9.63. The summed E-state index contributed by atoms with van der Waals surface area (Å²) in [5, 5.41) is 0. The third-order valence-corrected chi connectivity index (χ3v) is 5.72. The van der Waals surface area contributed by atoms with E-state index in [0.29, 0.717) is 13.0 Å². The monoisotopic (exact) mass is 402 g/mol. The van der Waals surface area contributed by atoms with Crippen LogP contribution in [0.15, 0.2) is 41.5 Å². The number of guanidine groups is 1. The lowest BCUT2D eigenvalue weighted by Gasteiger charge is -2.52. The van der Waals surface area contributed by atoms with Gasteiger partial charge in [0.2, 0.25) is 5.91 Å². The molecule has 0 bridgehead atoms. The number of rotatable bonds is 3. The largest absolute Gasteiger partial charge is 0.436 e. The maximum Gasteiger partial charge on any atom is 0.255 e. The molecule has 0 radical (unpaired) electrons.